The van der Waals surface area contributed by atoms with Crippen molar-refractivity contribution >= 4 is 17.7 Å². The van der Waals surface area contributed by atoms with Gasteiger partial charge in [0.2, 0.25) is 0 Å². The first-order valence-electron chi connectivity index (χ1n) is 7.82. The topological polar surface area (TPSA) is 58.6 Å². The fraction of sp³-hybridized carbons (Fsp3) is 0.529. The van der Waals surface area contributed by atoms with Crippen molar-refractivity contribution < 1.29 is 14.3 Å². The van der Waals surface area contributed by atoms with E-state index in [4.69, 9.17) is 4.74 Å². The number of aryl methyl sites for hydroxylation is 1. The quantitative estimate of drug-likeness (QED) is 0.870. The number of methoxy groups -OCH3 is 1. The lowest BCUT2D eigenvalue weighted by atomic mass is 9.99. The molecule has 0 aromatic heterocycles. The minimum Gasteiger partial charge on any atom is -0.467 e. The molecule has 0 unspecified atom stereocenters. The summed E-state index contributed by atoms with van der Waals surface area (Å²) in [7, 11) is 1.35. The molecule has 1 aromatic rings. The number of amides is 2. The van der Waals surface area contributed by atoms with Gasteiger partial charge in [0.05, 0.1) is 7.11 Å². The highest BCUT2D eigenvalue weighted by atomic mass is 16.5. The van der Waals surface area contributed by atoms with Gasteiger partial charge < -0.3 is 10.1 Å². The van der Waals surface area contributed by atoms with Gasteiger partial charge in [-0.2, -0.15) is 0 Å². The van der Waals surface area contributed by atoms with Crippen LogP contribution in [-0.4, -0.2) is 31.7 Å². The van der Waals surface area contributed by atoms with E-state index in [2.05, 4.69) is 5.32 Å². The largest absolute Gasteiger partial charge is 0.467 e. The number of rotatable bonds is 4. The van der Waals surface area contributed by atoms with Gasteiger partial charge in [-0.25, -0.2) is 9.59 Å². The van der Waals surface area contributed by atoms with Crippen molar-refractivity contribution in [3.63, 3.8) is 0 Å². The number of esters is 1. The molecule has 120 valence electrons. The first kappa shape index (κ1) is 16.3. The number of carbonyl (C=O) groups excluding carboxylic acids is 2. The summed E-state index contributed by atoms with van der Waals surface area (Å²) < 4.78 is 4.82. The van der Waals surface area contributed by atoms with E-state index in [0.29, 0.717) is 6.54 Å². The maximum Gasteiger partial charge on any atom is 0.328 e. The molecule has 22 heavy (non-hydrogen) atoms. The Labute approximate surface area is 131 Å². The number of anilines is 1. The Balaban J connectivity index is 2.16. The Morgan fingerprint density at radius 1 is 1.36 bits per heavy atom. The van der Waals surface area contributed by atoms with Crippen LogP contribution in [0.5, 0.6) is 0 Å². The van der Waals surface area contributed by atoms with Gasteiger partial charge in [-0.05, 0) is 30.4 Å². The Bertz CT molecular complexity index is 544. The molecule has 1 aliphatic rings. The number of urea groups is 1. The first-order valence-corrected chi connectivity index (χ1v) is 7.82. The van der Waals surface area contributed by atoms with Crippen molar-refractivity contribution in [3.8, 4) is 0 Å². The van der Waals surface area contributed by atoms with E-state index in [1.807, 2.05) is 38.1 Å². The van der Waals surface area contributed by atoms with E-state index in [1.165, 1.54) is 12.7 Å². The predicted molar refractivity (Wildman–Crippen MR) is 85.9 cm³/mol. The molecule has 1 heterocycles. The van der Waals surface area contributed by atoms with Crippen LogP contribution >= 0.6 is 0 Å². The second-order valence-electron chi connectivity index (χ2n) is 5.72. The summed E-state index contributed by atoms with van der Waals surface area (Å²) in [5.41, 5.74) is 2.10. The second-order valence-corrected chi connectivity index (χ2v) is 5.72. The molecule has 5 nitrogen and oxygen atoms in total. The van der Waals surface area contributed by atoms with Crippen molar-refractivity contribution in [1.29, 1.82) is 0 Å². The average molecular weight is 304 g/mol. The lowest BCUT2D eigenvalue weighted by molar-refractivity contribution is -0.144. The van der Waals surface area contributed by atoms with Crippen LogP contribution in [0.15, 0.2) is 24.3 Å². The molecule has 0 saturated heterocycles. The fourth-order valence-corrected chi connectivity index (χ4v) is 2.75. The van der Waals surface area contributed by atoms with Crippen LogP contribution in [0.3, 0.4) is 0 Å². The minimum absolute atomic E-state index is 0.0245. The van der Waals surface area contributed by atoms with Crippen LogP contribution in [0.4, 0.5) is 10.5 Å². The molecule has 0 aliphatic carbocycles. The Hall–Kier alpha value is -2.04. The van der Waals surface area contributed by atoms with Crippen LogP contribution < -0.4 is 10.2 Å². The molecule has 5 heteroatoms. The summed E-state index contributed by atoms with van der Waals surface area (Å²) in [6.07, 6.45) is 2.69. The first-order chi connectivity index (χ1) is 10.6. The molecule has 1 aliphatic heterocycles. The zero-order chi connectivity index (χ0) is 16.1. The smallest absolute Gasteiger partial charge is 0.328 e. The summed E-state index contributed by atoms with van der Waals surface area (Å²) in [5, 5.41) is 2.84. The fourth-order valence-electron chi connectivity index (χ4n) is 2.75. The molecule has 2 rings (SSSR count). The molecule has 1 N–H and O–H groups in total. The van der Waals surface area contributed by atoms with Crippen LogP contribution in [0.25, 0.3) is 0 Å². The third-order valence-corrected chi connectivity index (χ3v) is 4.30. The molecule has 0 spiro atoms. The van der Waals surface area contributed by atoms with Crippen molar-refractivity contribution in [3.05, 3.63) is 29.8 Å². The van der Waals surface area contributed by atoms with Gasteiger partial charge in [0.1, 0.15) is 6.04 Å². The van der Waals surface area contributed by atoms with E-state index in [-0.39, 0.29) is 11.9 Å². The SMILES string of the molecule is CC[C@H](C)[C@@H](NC(=O)N1CCCc2ccccc21)C(=O)OC. The van der Waals surface area contributed by atoms with Crippen LogP contribution in [0, 0.1) is 5.92 Å². The number of carbonyl (C=O) groups is 2. The second kappa shape index (κ2) is 7.29. The lowest BCUT2D eigenvalue weighted by Crippen LogP contribution is -2.52. The summed E-state index contributed by atoms with van der Waals surface area (Å²) in [5.74, 6) is -0.371. The maximum atomic E-state index is 12.6. The summed E-state index contributed by atoms with van der Waals surface area (Å²) in [6, 6.07) is 7.05. The third-order valence-electron chi connectivity index (χ3n) is 4.30. The molecule has 2 atom stereocenters. The molecule has 1 aromatic carbocycles. The third kappa shape index (κ3) is 3.40. The van der Waals surface area contributed by atoms with Crippen molar-refractivity contribution in [2.45, 2.75) is 39.2 Å². The van der Waals surface area contributed by atoms with Crippen LogP contribution in [-0.2, 0) is 16.0 Å². The Morgan fingerprint density at radius 3 is 2.77 bits per heavy atom. The predicted octanol–water partition coefficient (Wildman–Crippen LogP) is 2.74. The Morgan fingerprint density at radius 2 is 2.09 bits per heavy atom. The van der Waals surface area contributed by atoms with Gasteiger partial charge in [0.15, 0.2) is 0 Å². The molecular formula is C17H24N2O3. The van der Waals surface area contributed by atoms with Gasteiger partial charge in [-0.1, -0.05) is 38.5 Å². The molecular weight excluding hydrogens is 280 g/mol. The van der Waals surface area contributed by atoms with E-state index in [9.17, 15) is 9.59 Å². The average Bonchev–Trinajstić information content (AvgIpc) is 2.57. The van der Waals surface area contributed by atoms with Crippen LogP contribution in [0.1, 0.15) is 32.3 Å². The maximum absolute atomic E-state index is 12.6. The molecule has 2 amide bonds. The summed E-state index contributed by atoms with van der Waals surface area (Å²) >= 11 is 0. The Kier molecular flexibility index (Phi) is 5.41. The minimum atomic E-state index is -0.614. The number of hydrogen-bond acceptors (Lipinski definition) is 3. The van der Waals surface area contributed by atoms with E-state index in [1.54, 1.807) is 4.90 Å². The summed E-state index contributed by atoms with van der Waals surface area (Å²) in [4.78, 5) is 26.3. The number of hydrogen-bond donors (Lipinski definition) is 1. The standard InChI is InChI=1S/C17H24N2O3/c1-4-12(2)15(16(20)22-3)18-17(21)19-11-7-9-13-8-5-6-10-14(13)19/h5-6,8,10,12,15H,4,7,9,11H2,1-3H3,(H,18,21)/t12-,15+/m0/s1. The lowest BCUT2D eigenvalue weighted by Gasteiger charge is -2.31. The molecule has 0 fully saturated rings. The number of fused-ring (bicyclic) bond motifs is 1. The van der Waals surface area contributed by atoms with E-state index in [0.717, 1.165) is 24.9 Å². The van der Waals surface area contributed by atoms with Gasteiger partial charge in [0, 0.05) is 12.2 Å². The highest BCUT2D eigenvalue weighted by molar-refractivity contribution is 5.95. The number of para-hydroxylation sites is 1. The van der Waals surface area contributed by atoms with Crippen molar-refractivity contribution in [2.75, 3.05) is 18.6 Å². The molecule has 0 radical (unpaired) electrons. The number of benzene rings is 1. The zero-order valence-corrected chi connectivity index (χ0v) is 13.5. The highest BCUT2D eigenvalue weighted by Gasteiger charge is 2.30. The van der Waals surface area contributed by atoms with Crippen molar-refractivity contribution in [2.24, 2.45) is 5.92 Å². The van der Waals surface area contributed by atoms with E-state index >= 15 is 0 Å². The van der Waals surface area contributed by atoms with Gasteiger partial charge in [0.25, 0.3) is 0 Å². The number of nitrogens with zero attached hydrogens (tertiary/aromatic N) is 1. The monoisotopic (exact) mass is 304 g/mol. The number of ether oxygens (including phenoxy) is 1. The van der Waals surface area contributed by atoms with Crippen LogP contribution in [0.2, 0.25) is 0 Å². The normalized spacial score (nSPS) is 16.4. The summed E-state index contributed by atoms with van der Waals surface area (Å²) in [6.45, 7) is 4.59. The highest BCUT2D eigenvalue weighted by Crippen LogP contribution is 2.26. The van der Waals surface area contributed by atoms with Gasteiger partial charge in [-0.3, -0.25) is 4.90 Å². The number of nitrogens with one attached hydrogen (secondary N) is 1. The zero-order valence-electron chi connectivity index (χ0n) is 13.5. The van der Waals surface area contributed by atoms with E-state index < -0.39 is 12.0 Å². The van der Waals surface area contributed by atoms with Gasteiger partial charge >= 0.3 is 12.0 Å². The van der Waals surface area contributed by atoms with Gasteiger partial charge in [-0.15, -0.1) is 0 Å². The van der Waals surface area contributed by atoms with Crippen molar-refractivity contribution in [1.82, 2.24) is 5.32 Å². The molecule has 0 bridgehead atoms. The molecule has 0 saturated carbocycles.